The zero-order chi connectivity index (χ0) is 15.1. The Morgan fingerprint density at radius 3 is 2.80 bits per heavy atom. The van der Waals surface area contributed by atoms with Crippen molar-refractivity contribution in [3.8, 4) is 0 Å². The fourth-order valence-corrected chi connectivity index (χ4v) is 2.39. The minimum atomic E-state index is -0.540. The normalized spacial score (nSPS) is 11.9. The minimum absolute atomic E-state index is 0.0783. The highest BCUT2D eigenvalue weighted by Crippen LogP contribution is 2.28. The summed E-state index contributed by atoms with van der Waals surface area (Å²) >= 11 is 3.09. The quantitative estimate of drug-likeness (QED) is 0.587. The Labute approximate surface area is 125 Å². The molecule has 1 rings (SSSR count). The van der Waals surface area contributed by atoms with Crippen LogP contribution >= 0.6 is 15.9 Å². The predicted molar refractivity (Wildman–Crippen MR) is 78.6 cm³/mol. The third-order valence-electron chi connectivity index (χ3n) is 3.09. The van der Waals surface area contributed by atoms with Crippen molar-refractivity contribution in [3.63, 3.8) is 0 Å². The number of nitrogens with zero attached hydrogens (tertiary/aromatic N) is 1. The summed E-state index contributed by atoms with van der Waals surface area (Å²) in [5.74, 6) is -0.168. The van der Waals surface area contributed by atoms with Crippen LogP contribution in [0.2, 0.25) is 0 Å². The van der Waals surface area contributed by atoms with Crippen LogP contribution in [0.3, 0.4) is 0 Å². The second kappa shape index (κ2) is 7.96. The molecule has 0 aliphatic carbocycles. The smallest absolute Gasteiger partial charge is 0.284 e. The first kappa shape index (κ1) is 16.6. The Balaban J connectivity index is 2.78. The highest BCUT2D eigenvalue weighted by molar-refractivity contribution is 9.10. The van der Waals surface area contributed by atoms with E-state index in [0.717, 1.165) is 6.42 Å². The van der Waals surface area contributed by atoms with Crippen LogP contribution in [0.4, 0.5) is 5.69 Å². The lowest BCUT2D eigenvalue weighted by Gasteiger charge is -2.14. The standard InChI is InChI=1S/C13H17BrN2O4/c1-2-9(6-7-17)8-15-13(18)10-4-3-5-11(12(10)14)16(19)20/h3-5,9,17H,2,6-8H2,1H3,(H,15,18). The molecule has 0 aromatic heterocycles. The Morgan fingerprint density at radius 2 is 2.25 bits per heavy atom. The van der Waals surface area contributed by atoms with Gasteiger partial charge in [0.05, 0.1) is 10.5 Å². The number of nitro groups is 1. The molecule has 1 unspecified atom stereocenters. The van der Waals surface area contributed by atoms with Crippen LogP contribution in [0.5, 0.6) is 0 Å². The summed E-state index contributed by atoms with van der Waals surface area (Å²) in [5.41, 5.74) is 0.0955. The summed E-state index contributed by atoms with van der Waals surface area (Å²) < 4.78 is 0.178. The third-order valence-corrected chi connectivity index (χ3v) is 3.92. The van der Waals surface area contributed by atoms with Crippen molar-refractivity contribution in [2.24, 2.45) is 5.92 Å². The Bertz CT molecular complexity index is 493. The van der Waals surface area contributed by atoms with Gasteiger partial charge in [-0.1, -0.05) is 19.4 Å². The van der Waals surface area contributed by atoms with Crippen molar-refractivity contribution in [1.29, 1.82) is 0 Å². The number of halogens is 1. The maximum absolute atomic E-state index is 12.0. The number of nitro benzene ring substituents is 1. The molecule has 0 bridgehead atoms. The topological polar surface area (TPSA) is 92.5 Å². The van der Waals surface area contributed by atoms with Gasteiger partial charge in [-0.05, 0) is 34.3 Å². The van der Waals surface area contributed by atoms with Crippen molar-refractivity contribution < 1.29 is 14.8 Å². The first-order valence-electron chi connectivity index (χ1n) is 6.33. The fraction of sp³-hybridized carbons (Fsp3) is 0.462. The van der Waals surface area contributed by atoms with E-state index in [1.165, 1.54) is 18.2 Å². The van der Waals surface area contributed by atoms with E-state index in [4.69, 9.17) is 5.11 Å². The molecule has 0 fully saturated rings. The molecule has 0 radical (unpaired) electrons. The number of carbonyl (C=O) groups excluding carboxylic acids is 1. The van der Waals surface area contributed by atoms with Gasteiger partial charge in [0.2, 0.25) is 0 Å². The van der Waals surface area contributed by atoms with Crippen molar-refractivity contribution in [2.45, 2.75) is 19.8 Å². The van der Waals surface area contributed by atoms with Crippen LogP contribution < -0.4 is 5.32 Å². The van der Waals surface area contributed by atoms with E-state index in [1.54, 1.807) is 0 Å². The number of hydrogen-bond donors (Lipinski definition) is 2. The summed E-state index contributed by atoms with van der Waals surface area (Å²) in [6.07, 6.45) is 1.46. The Morgan fingerprint density at radius 1 is 1.55 bits per heavy atom. The maximum Gasteiger partial charge on any atom is 0.284 e. The summed E-state index contributed by atoms with van der Waals surface area (Å²) in [4.78, 5) is 22.3. The molecule has 1 amide bonds. The van der Waals surface area contributed by atoms with Gasteiger partial charge in [0, 0.05) is 19.2 Å². The van der Waals surface area contributed by atoms with Crippen LogP contribution in [-0.4, -0.2) is 29.1 Å². The molecule has 1 atom stereocenters. The summed E-state index contributed by atoms with van der Waals surface area (Å²) in [7, 11) is 0. The fourth-order valence-electron chi connectivity index (χ4n) is 1.80. The molecule has 7 heteroatoms. The molecule has 0 heterocycles. The number of nitrogens with one attached hydrogen (secondary N) is 1. The third kappa shape index (κ3) is 4.28. The number of rotatable bonds is 7. The van der Waals surface area contributed by atoms with Gasteiger partial charge in [0.15, 0.2) is 0 Å². The van der Waals surface area contributed by atoms with E-state index >= 15 is 0 Å². The molecular formula is C13H17BrN2O4. The first-order chi connectivity index (χ1) is 9.51. The highest BCUT2D eigenvalue weighted by atomic mass is 79.9. The lowest BCUT2D eigenvalue weighted by atomic mass is 10.0. The lowest BCUT2D eigenvalue weighted by molar-refractivity contribution is -0.385. The average molecular weight is 345 g/mol. The predicted octanol–water partition coefficient (Wildman–Crippen LogP) is 2.50. The zero-order valence-electron chi connectivity index (χ0n) is 11.1. The van der Waals surface area contributed by atoms with Gasteiger partial charge in [-0.3, -0.25) is 14.9 Å². The highest BCUT2D eigenvalue weighted by Gasteiger charge is 2.19. The van der Waals surface area contributed by atoms with Crippen LogP contribution in [-0.2, 0) is 0 Å². The van der Waals surface area contributed by atoms with Crippen LogP contribution in [0.1, 0.15) is 30.1 Å². The number of aliphatic hydroxyl groups excluding tert-OH is 1. The SMILES string of the molecule is CCC(CCO)CNC(=O)c1cccc([N+](=O)[O-])c1Br. The molecule has 0 spiro atoms. The molecule has 6 nitrogen and oxygen atoms in total. The van der Waals surface area contributed by atoms with E-state index < -0.39 is 4.92 Å². The van der Waals surface area contributed by atoms with Crippen molar-refractivity contribution in [1.82, 2.24) is 5.32 Å². The van der Waals surface area contributed by atoms with Crippen molar-refractivity contribution in [3.05, 3.63) is 38.3 Å². The van der Waals surface area contributed by atoms with Gasteiger partial charge in [-0.2, -0.15) is 0 Å². The van der Waals surface area contributed by atoms with Crippen LogP contribution in [0.15, 0.2) is 22.7 Å². The number of carbonyl (C=O) groups is 1. The summed E-state index contributed by atoms with van der Waals surface area (Å²) in [6.45, 7) is 2.50. The van der Waals surface area contributed by atoms with E-state index in [2.05, 4.69) is 21.2 Å². The summed E-state index contributed by atoms with van der Waals surface area (Å²) in [6, 6.07) is 4.34. The molecule has 20 heavy (non-hydrogen) atoms. The van der Waals surface area contributed by atoms with Crippen molar-refractivity contribution in [2.75, 3.05) is 13.2 Å². The molecule has 1 aromatic rings. The molecule has 110 valence electrons. The molecule has 1 aromatic carbocycles. The van der Waals surface area contributed by atoms with Gasteiger partial charge in [0.1, 0.15) is 4.47 Å². The first-order valence-corrected chi connectivity index (χ1v) is 7.12. The van der Waals surface area contributed by atoms with Gasteiger partial charge in [0.25, 0.3) is 11.6 Å². The molecule has 0 aliphatic heterocycles. The van der Waals surface area contributed by atoms with Gasteiger partial charge in [-0.15, -0.1) is 0 Å². The molecular weight excluding hydrogens is 328 g/mol. The largest absolute Gasteiger partial charge is 0.396 e. The van der Waals surface area contributed by atoms with E-state index in [0.29, 0.717) is 13.0 Å². The Kier molecular flexibility index (Phi) is 6.60. The molecule has 0 saturated heterocycles. The second-order valence-electron chi connectivity index (χ2n) is 4.39. The lowest BCUT2D eigenvalue weighted by Crippen LogP contribution is -2.29. The molecule has 0 saturated carbocycles. The zero-order valence-corrected chi connectivity index (χ0v) is 12.7. The van der Waals surface area contributed by atoms with Gasteiger partial charge in [-0.25, -0.2) is 0 Å². The molecule has 0 aliphatic rings. The van der Waals surface area contributed by atoms with Crippen LogP contribution in [0, 0.1) is 16.0 Å². The van der Waals surface area contributed by atoms with Crippen LogP contribution in [0.25, 0.3) is 0 Å². The summed E-state index contributed by atoms with van der Waals surface area (Å²) in [5, 5.41) is 22.4. The second-order valence-corrected chi connectivity index (χ2v) is 5.19. The van der Waals surface area contributed by atoms with Gasteiger partial charge >= 0.3 is 0 Å². The molecule has 2 N–H and O–H groups in total. The van der Waals surface area contributed by atoms with Gasteiger partial charge < -0.3 is 10.4 Å². The van der Waals surface area contributed by atoms with E-state index in [-0.39, 0.29) is 34.2 Å². The monoisotopic (exact) mass is 344 g/mol. The average Bonchev–Trinajstić information content (AvgIpc) is 2.43. The number of aliphatic hydroxyl groups is 1. The minimum Gasteiger partial charge on any atom is -0.396 e. The Hall–Kier alpha value is -1.47. The number of benzene rings is 1. The van der Waals surface area contributed by atoms with E-state index in [9.17, 15) is 14.9 Å². The number of amides is 1. The van der Waals surface area contributed by atoms with E-state index in [1.807, 2.05) is 6.92 Å². The maximum atomic E-state index is 12.0. The van der Waals surface area contributed by atoms with Crippen molar-refractivity contribution >= 4 is 27.5 Å². The number of hydrogen-bond acceptors (Lipinski definition) is 4.